The SMILES string of the molecule is CCN(C(=O)C(CC)(CC)C(N)=NO)c1cccc(C)c1. The number of nitrogens with zero attached hydrogens (tertiary/aromatic N) is 2. The van der Waals surface area contributed by atoms with Crippen LogP contribution in [0.15, 0.2) is 29.4 Å². The van der Waals surface area contributed by atoms with E-state index in [0.29, 0.717) is 19.4 Å². The number of carbonyl (C=O) groups excluding carboxylic acids is 1. The Kier molecular flexibility index (Phi) is 5.76. The van der Waals surface area contributed by atoms with E-state index in [9.17, 15) is 4.79 Å². The van der Waals surface area contributed by atoms with Crippen LogP contribution in [-0.2, 0) is 4.79 Å². The zero-order chi connectivity index (χ0) is 16.0. The number of amides is 1. The molecule has 5 nitrogen and oxygen atoms in total. The van der Waals surface area contributed by atoms with Crippen LogP contribution in [0.3, 0.4) is 0 Å². The van der Waals surface area contributed by atoms with E-state index in [0.717, 1.165) is 11.3 Å². The largest absolute Gasteiger partial charge is 0.409 e. The van der Waals surface area contributed by atoms with Gasteiger partial charge in [-0.1, -0.05) is 31.1 Å². The molecule has 0 aliphatic carbocycles. The van der Waals surface area contributed by atoms with Gasteiger partial charge in [0.2, 0.25) is 5.91 Å². The Hall–Kier alpha value is -2.04. The van der Waals surface area contributed by atoms with Gasteiger partial charge in [-0.3, -0.25) is 4.79 Å². The van der Waals surface area contributed by atoms with Gasteiger partial charge >= 0.3 is 0 Å². The van der Waals surface area contributed by atoms with E-state index in [1.165, 1.54) is 0 Å². The minimum Gasteiger partial charge on any atom is -0.409 e. The summed E-state index contributed by atoms with van der Waals surface area (Å²) in [4.78, 5) is 14.7. The van der Waals surface area contributed by atoms with Gasteiger partial charge in [0.15, 0.2) is 5.84 Å². The minimum absolute atomic E-state index is 0.0244. The van der Waals surface area contributed by atoms with Crippen molar-refractivity contribution >= 4 is 17.4 Å². The fourth-order valence-electron chi connectivity index (χ4n) is 2.62. The van der Waals surface area contributed by atoms with Crippen LogP contribution in [0.25, 0.3) is 0 Å². The molecule has 0 aliphatic rings. The van der Waals surface area contributed by atoms with E-state index in [2.05, 4.69) is 5.16 Å². The van der Waals surface area contributed by atoms with Gasteiger partial charge in [-0.15, -0.1) is 0 Å². The van der Waals surface area contributed by atoms with Crippen LogP contribution < -0.4 is 10.6 Å². The maximum atomic E-state index is 13.0. The second-order valence-electron chi connectivity index (χ2n) is 5.16. The lowest BCUT2D eigenvalue weighted by Gasteiger charge is -2.34. The molecule has 1 rings (SSSR count). The molecule has 116 valence electrons. The molecule has 0 aliphatic heterocycles. The molecule has 1 aromatic rings. The lowest BCUT2D eigenvalue weighted by molar-refractivity contribution is -0.125. The summed E-state index contributed by atoms with van der Waals surface area (Å²) < 4.78 is 0. The van der Waals surface area contributed by atoms with Crippen LogP contribution in [0.1, 0.15) is 39.2 Å². The standard InChI is InChI=1S/C16H25N3O2/c1-5-16(6-2,14(17)18-21)15(20)19(7-3)13-10-8-9-12(4)11-13/h8-11,21H,5-7H2,1-4H3,(H2,17,18). The van der Waals surface area contributed by atoms with Crippen LogP contribution in [0, 0.1) is 12.3 Å². The van der Waals surface area contributed by atoms with E-state index < -0.39 is 5.41 Å². The number of amidine groups is 1. The number of carbonyl (C=O) groups is 1. The number of rotatable bonds is 6. The molecule has 0 unspecified atom stereocenters. The molecule has 0 spiro atoms. The monoisotopic (exact) mass is 291 g/mol. The Morgan fingerprint density at radius 1 is 1.33 bits per heavy atom. The molecule has 0 fully saturated rings. The Morgan fingerprint density at radius 3 is 2.38 bits per heavy atom. The average molecular weight is 291 g/mol. The Bertz CT molecular complexity index is 522. The minimum atomic E-state index is -0.964. The summed E-state index contributed by atoms with van der Waals surface area (Å²) in [6.07, 6.45) is 0.973. The summed E-state index contributed by atoms with van der Waals surface area (Å²) >= 11 is 0. The third-order valence-corrected chi connectivity index (χ3v) is 4.09. The van der Waals surface area contributed by atoms with Crippen molar-refractivity contribution in [3.05, 3.63) is 29.8 Å². The number of nitrogens with two attached hydrogens (primary N) is 1. The lowest BCUT2D eigenvalue weighted by atomic mass is 9.79. The van der Waals surface area contributed by atoms with E-state index in [4.69, 9.17) is 10.9 Å². The van der Waals surface area contributed by atoms with Crippen molar-refractivity contribution in [2.24, 2.45) is 16.3 Å². The molecule has 0 heterocycles. The van der Waals surface area contributed by atoms with Crippen molar-refractivity contribution in [3.63, 3.8) is 0 Å². The number of oxime groups is 1. The van der Waals surface area contributed by atoms with Gasteiger partial charge in [0.25, 0.3) is 0 Å². The average Bonchev–Trinajstić information content (AvgIpc) is 2.49. The maximum absolute atomic E-state index is 13.0. The topological polar surface area (TPSA) is 78.9 Å². The third kappa shape index (κ3) is 3.17. The highest BCUT2D eigenvalue weighted by molar-refractivity contribution is 6.12. The van der Waals surface area contributed by atoms with Gasteiger partial charge in [-0.05, 0) is 44.4 Å². The van der Waals surface area contributed by atoms with Gasteiger partial charge in [0.05, 0.1) is 0 Å². The van der Waals surface area contributed by atoms with Crippen molar-refractivity contribution in [3.8, 4) is 0 Å². The molecular formula is C16H25N3O2. The first-order chi connectivity index (χ1) is 9.96. The van der Waals surface area contributed by atoms with Gasteiger partial charge in [0.1, 0.15) is 5.41 Å². The number of hydrogen-bond acceptors (Lipinski definition) is 3. The van der Waals surface area contributed by atoms with Gasteiger partial charge in [0, 0.05) is 12.2 Å². The van der Waals surface area contributed by atoms with Crippen molar-refractivity contribution in [1.29, 1.82) is 0 Å². The van der Waals surface area contributed by atoms with Crippen LogP contribution in [0.2, 0.25) is 0 Å². The normalized spacial score (nSPS) is 12.3. The first-order valence-corrected chi connectivity index (χ1v) is 7.33. The molecule has 1 aromatic carbocycles. The Balaban J connectivity index is 3.29. The maximum Gasteiger partial charge on any atom is 0.240 e. The lowest BCUT2D eigenvalue weighted by Crippen LogP contribution is -2.51. The predicted molar refractivity (Wildman–Crippen MR) is 85.6 cm³/mol. The fraction of sp³-hybridized carbons (Fsp3) is 0.500. The van der Waals surface area contributed by atoms with E-state index in [-0.39, 0.29) is 11.7 Å². The highest BCUT2D eigenvalue weighted by Crippen LogP contribution is 2.32. The zero-order valence-corrected chi connectivity index (χ0v) is 13.3. The van der Waals surface area contributed by atoms with Crippen LogP contribution in [0.4, 0.5) is 5.69 Å². The van der Waals surface area contributed by atoms with Crippen molar-refractivity contribution in [1.82, 2.24) is 0 Å². The van der Waals surface area contributed by atoms with Crippen molar-refractivity contribution in [2.75, 3.05) is 11.4 Å². The second-order valence-corrected chi connectivity index (χ2v) is 5.16. The molecular weight excluding hydrogens is 266 g/mol. The fourth-order valence-corrected chi connectivity index (χ4v) is 2.62. The molecule has 1 amide bonds. The highest BCUT2D eigenvalue weighted by atomic mass is 16.4. The summed E-state index contributed by atoms with van der Waals surface area (Å²) in [7, 11) is 0. The quantitative estimate of drug-likeness (QED) is 0.366. The van der Waals surface area contributed by atoms with Crippen LogP contribution in [-0.4, -0.2) is 23.5 Å². The van der Waals surface area contributed by atoms with Gasteiger partial charge in [-0.2, -0.15) is 0 Å². The van der Waals surface area contributed by atoms with Crippen LogP contribution in [0.5, 0.6) is 0 Å². The summed E-state index contributed by atoms with van der Waals surface area (Å²) in [6, 6.07) is 7.77. The Labute approximate surface area is 126 Å². The van der Waals surface area contributed by atoms with Crippen LogP contribution >= 0.6 is 0 Å². The van der Waals surface area contributed by atoms with E-state index in [1.807, 2.05) is 52.0 Å². The molecule has 3 N–H and O–H groups in total. The number of anilines is 1. The third-order valence-electron chi connectivity index (χ3n) is 4.09. The number of benzene rings is 1. The first kappa shape index (κ1) is 17.0. The van der Waals surface area contributed by atoms with E-state index >= 15 is 0 Å². The summed E-state index contributed by atoms with van der Waals surface area (Å²) in [5, 5.41) is 12.1. The van der Waals surface area contributed by atoms with Gasteiger partial charge < -0.3 is 15.8 Å². The Morgan fingerprint density at radius 2 is 1.95 bits per heavy atom. The number of hydrogen-bond donors (Lipinski definition) is 2. The first-order valence-electron chi connectivity index (χ1n) is 7.33. The molecule has 0 radical (unpaired) electrons. The second kappa shape index (κ2) is 7.11. The zero-order valence-electron chi connectivity index (χ0n) is 13.3. The summed E-state index contributed by atoms with van der Waals surface area (Å²) in [5.41, 5.74) is 6.78. The van der Waals surface area contributed by atoms with Crippen molar-refractivity contribution < 1.29 is 10.0 Å². The predicted octanol–water partition coefficient (Wildman–Crippen LogP) is 2.90. The molecule has 0 atom stereocenters. The molecule has 0 bridgehead atoms. The molecule has 21 heavy (non-hydrogen) atoms. The molecule has 5 heteroatoms. The van der Waals surface area contributed by atoms with Crippen molar-refractivity contribution in [2.45, 2.75) is 40.5 Å². The molecule has 0 aromatic heterocycles. The molecule has 0 saturated heterocycles. The van der Waals surface area contributed by atoms with E-state index in [1.54, 1.807) is 4.90 Å². The summed E-state index contributed by atoms with van der Waals surface area (Å²) in [5.74, 6) is -0.153. The summed E-state index contributed by atoms with van der Waals surface area (Å²) in [6.45, 7) is 8.19. The highest BCUT2D eigenvalue weighted by Gasteiger charge is 2.42. The number of aryl methyl sites for hydroxylation is 1. The van der Waals surface area contributed by atoms with Gasteiger partial charge in [-0.25, -0.2) is 0 Å². The molecule has 0 saturated carbocycles. The smallest absolute Gasteiger partial charge is 0.240 e.